The van der Waals surface area contributed by atoms with Gasteiger partial charge in [-0.1, -0.05) is 30.3 Å². The Morgan fingerprint density at radius 2 is 1.79 bits per heavy atom. The number of benzene rings is 1. The second kappa shape index (κ2) is 8.65. The molecule has 1 aromatic rings. The Labute approximate surface area is 142 Å². The highest BCUT2D eigenvalue weighted by Gasteiger charge is 2.41. The minimum atomic E-state index is -1.17. The summed E-state index contributed by atoms with van der Waals surface area (Å²) in [7, 11) is 1.20. The van der Waals surface area contributed by atoms with E-state index in [9.17, 15) is 14.7 Å². The summed E-state index contributed by atoms with van der Waals surface area (Å²) in [5.41, 5.74) is 0.0403. The molecule has 0 saturated heterocycles. The monoisotopic (exact) mass is 339 g/mol. The second-order valence-electron chi connectivity index (χ2n) is 6.32. The van der Waals surface area contributed by atoms with Crippen LogP contribution in [-0.4, -0.2) is 47.1 Å². The number of aliphatic hydroxyl groups excluding tert-OH is 1. The van der Waals surface area contributed by atoms with Crippen LogP contribution >= 0.6 is 0 Å². The number of rotatable bonds is 6. The predicted octanol–water partition coefficient (Wildman–Crippen LogP) is 2.28. The van der Waals surface area contributed by atoms with Crippen molar-refractivity contribution in [3.63, 3.8) is 0 Å². The van der Waals surface area contributed by atoms with Crippen LogP contribution in [0.25, 0.3) is 0 Å². The molecule has 0 aliphatic carbocycles. The molecular weight excluding hydrogens is 314 g/mol. The van der Waals surface area contributed by atoms with Crippen molar-refractivity contribution in [2.45, 2.75) is 52.0 Å². The van der Waals surface area contributed by atoms with E-state index in [0.29, 0.717) is 0 Å². The number of hydroxylamine groups is 2. The normalized spacial score (nSPS) is 14.0. The minimum absolute atomic E-state index is 0.0369. The number of hydrogen-bond donors (Lipinski definition) is 1. The number of carbonyl (C=O) groups excluding carboxylic acids is 2. The standard InChI is InChI=1S/C17H25NO6/c1-12(19)14(15(20)22-5)18(17(2,3)4)24-16(21)23-11-13-9-7-6-8-10-13/h6-10,12,14,19H,11H2,1-5H3/t12-,14+/m1/s1. The average Bonchev–Trinajstić information content (AvgIpc) is 2.51. The van der Waals surface area contributed by atoms with Crippen LogP contribution in [0.3, 0.4) is 0 Å². The molecule has 7 nitrogen and oxygen atoms in total. The van der Waals surface area contributed by atoms with Crippen molar-refractivity contribution in [3.8, 4) is 0 Å². The highest BCUT2D eigenvalue weighted by molar-refractivity contribution is 5.76. The number of esters is 1. The lowest BCUT2D eigenvalue weighted by Gasteiger charge is -2.38. The van der Waals surface area contributed by atoms with Crippen molar-refractivity contribution >= 4 is 12.1 Å². The van der Waals surface area contributed by atoms with Gasteiger partial charge >= 0.3 is 12.1 Å². The maximum absolute atomic E-state index is 12.0. The Morgan fingerprint density at radius 1 is 1.21 bits per heavy atom. The molecular formula is C17H25NO6. The van der Waals surface area contributed by atoms with Gasteiger partial charge in [0.15, 0.2) is 6.04 Å². The Balaban J connectivity index is 2.82. The fraction of sp³-hybridized carbons (Fsp3) is 0.529. The highest BCUT2D eigenvalue weighted by atomic mass is 16.8. The van der Waals surface area contributed by atoms with E-state index >= 15 is 0 Å². The molecule has 0 unspecified atom stereocenters. The topological polar surface area (TPSA) is 85.3 Å². The van der Waals surface area contributed by atoms with E-state index in [1.807, 2.05) is 30.3 Å². The van der Waals surface area contributed by atoms with Crippen molar-refractivity contribution < 1.29 is 29.0 Å². The first kappa shape index (κ1) is 19.9. The molecule has 0 aliphatic rings. The fourth-order valence-corrected chi connectivity index (χ4v) is 2.04. The summed E-state index contributed by atoms with van der Waals surface area (Å²) >= 11 is 0. The van der Waals surface area contributed by atoms with Gasteiger partial charge in [-0.3, -0.25) is 4.79 Å². The summed E-state index contributed by atoms with van der Waals surface area (Å²) in [4.78, 5) is 29.1. The van der Waals surface area contributed by atoms with Gasteiger partial charge in [0.1, 0.15) is 6.61 Å². The molecule has 0 fully saturated rings. The number of ether oxygens (including phenoxy) is 2. The van der Waals surface area contributed by atoms with Gasteiger partial charge in [-0.05, 0) is 33.3 Å². The zero-order valence-corrected chi connectivity index (χ0v) is 14.7. The number of carbonyl (C=O) groups is 2. The van der Waals surface area contributed by atoms with Crippen molar-refractivity contribution in [1.29, 1.82) is 0 Å². The molecule has 24 heavy (non-hydrogen) atoms. The summed E-state index contributed by atoms with van der Waals surface area (Å²) in [6, 6.07) is 7.95. The SMILES string of the molecule is COC(=O)[C@H]([C@@H](C)O)N(OC(=O)OCc1ccccc1)C(C)(C)C. The number of methoxy groups -OCH3 is 1. The molecule has 1 aromatic carbocycles. The fourth-order valence-electron chi connectivity index (χ4n) is 2.04. The van der Waals surface area contributed by atoms with E-state index in [1.54, 1.807) is 20.8 Å². The molecule has 1 N–H and O–H groups in total. The zero-order chi connectivity index (χ0) is 18.3. The van der Waals surface area contributed by atoms with Gasteiger partial charge in [0.25, 0.3) is 0 Å². The first-order chi connectivity index (χ1) is 11.2. The molecule has 0 radical (unpaired) electrons. The first-order valence-electron chi connectivity index (χ1n) is 7.60. The molecule has 0 saturated carbocycles. The predicted molar refractivity (Wildman–Crippen MR) is 86.8 cm³/mol. The molecule has 0 amide bonds. The van der Waals surface area contributed by atoms with E-state index in [-0.39, 0.29) is 6.61 Å². The van der Waals surface area contributed by atoms with Crippen LogP contribution in [0.1, 0.15) is 33.3 Å². The Kier molecular flexibility index (Phi) is 7.18. The summed E-state index contributed by atoms with van der Waals surface area (Å²) in [5, 5.41) is 11.0. The van der Waals surface area contributed by atoms with Gasteiger partial charge < -0.3 is 19.4 Å². The van der Waals surface area contributed by atoms with Crippen LogP contribution in [0, 0.1) is 0 Å². The molecule has 0 bridgehead atoms. The molecule has 7 heteroatoms. The lowest BCUT2D eigenvalue weighted by atomic mass is 10.0. The third-order valence-corrected chi connectivity index (χ3v) is 3.19. The largest absolute Gasteiger partial charge is 0.528 e. The molecule has 0 heterocycles. The third-order valence-electron chi connectivity index (χ3n) is 3.19. The lowest BCUT2D eigenvalue weighted by Crippen LogP contribution is -2.56. The summed E-state index contributed by atoms with van der Waals surface area (Å²) in [6.45, 7) is 6.65. The van der Waals surface area contributed by atoms with Gasteiger partial charge in [-0.25, -0.2) is 4.79 Å². The number of hydrogen-bond acceptors (Lipinski definition) is 7. The molecule has 0 aliphatic heterocycles. The van der Waals surface area contributed by atoms with E-state index in [0.717, 1.165) is 10.6 Å². The van der Waals surface area contributed by atoms with E-state index in [4.69, 9.17) is 9.57 Å². The number of aliphatic hydroxyl groups is 1. The Morgan fingerprint density at radius 3 is 2.25 bits per heavy atom. The molecule has 0 spiro atoms. The summed E-state index contributed by atoms with van der Waals surface area (Å²) < 4.78 is 9.75. The van der Waals surface area contributed by atoms with Crippen LogP contribution in [0.5, 0.6) is 0 Å². The van der Waals surface area contributed by atoms with Crippen molar-refractivity contribution in [2.24, 2.45) is 0 Å². The van der Waals surface area contributed by atoms with Crippen molar-refractivity contribution in [3.05, 3.63) is 35.9 Å². The molecule has 1 rings (SSSR count). The summed E-state index contributed by atoms with van der Waals surface area (Å²) in [5.74, 6) is -0.712. The van der Waals surface area contributed by atoms with Gasteiger partial charge in [0, 0.05) is 5.54 Å². The quantitative estimate of drug-likeness (QED) is 0.628. The van der Waals surface area contributed by atoms with Gasteiger partial charge in [-0.15, -0.1) is 5.06 Å². The van der Waals surface area contributed by atoms with Crippen LogP contribution < -0.4 is 0 Å². The summed E-state index contributed by atoms with van der Waals surface area (Å²) in [6.07, 6.45) is -2.08. The van der Waals surface area contributed by atoms with Gasteiger partial charge in [0.05, 0.1) is 13.2 Å². The number of nitrogens with zero attached hydrogens (tertiary/aromatic N) is 1. The smallest absolute Gasteiger partial charge is 0.468 e. The van der Waals surface area contributed by atoms with Crippen molar-refractivity contribution in [2.75, 3.05) is 7.11 Å². The molecule has 2 atom stereocenters. The third kappa shape index (κ3) is 5.82. The average molecular weight is 339 g/mol. The Hall–Kier alpha value is -2.12. The van der Waals surface area contributed by atoms with Gasteiger partial charge in [0.2, 0.25) is 0 Å². The van der Waals surface area contributed by atoms with Crippen LogP contribution in [0.15, 0.2) is 30.3 Å². The molecule has 0 aromatic heterocycles. The van der Waals surface area contributed by atoms with E-state index < -0.39 is 29.8 Å². The van der Waals surface area contributed by atoms with Crippen LogP contribution in [0.4, 0.5) is 4.79 Å². The van der Waals surface area contributed by atoms with E-state index in [1.165, 1.54) is 14.0 Å². The second-order valence-corrected chi connectivity index (χ2v) is 6.32. The first-order valence-corrected chi connectivity index (χ1v) is 7.60. The van der Waals surface area contributed by atoms with Crippen LogP contribution in [0.2, 0.25) is 0 Å². The van der Waals surface area contributed by atoms with Gasteiger partial charge in [-0.2, -0.15) is 0 Å². The lowest BCUT2D eigenvalue weighted by molar-refractivity contribution is -0.226. The maximum Gasteiger partial charge on any atom is 0.528 e. The molecule has 134 valence electrons. The minimum Gasteiger partial charge on any atom is -0.468 e. The van der Waals surface area contributed by atoms with Crippen molar-refractivity contribution in [1.82, 2.24) is 5.06 Å². The Bertz CT molecular complexity index is 538. The highest BCUT2D eigenvalue weighted by Crippen LogP contribution is 2.21. The van der Waals surface area contributed by atoms with E-state index in [2.05, 4.69) is 4.74 Å². The zero-order valence-electron chi connectivity index (χ0n) is 14.7. The van der Waals surface area contributed by atoms with Crippen LogP contribution in [-0.2, 0) is 25.7 Å². The maximum atomic E-state index is 12.0.